The molecule has 2 heterocycles. The van der Waals surface area contributed by atoms with Crippen LogP contribution in [0.2, 0.25) is 0 Å². The summed E-state index contributed by atoms with van der Waals surface area (Å²) in [6.45, 7) is 0. The Morgan fingerprint density at radius 3 is 1.72 bits per heavy atom. The summed E-state index contributed by atoms with van der Waals surface area (Å²) < 4.78 is 4.37. The van der Waals surface area contributed by atoms with E-state index in [9.17, 15) is 15.8 Å². The Morgan fingerprint density at radius 1 is 0.420 bits per heavy atom. The Bertz CT molecular complexity index is 2900. The van der Waals surface area contributed by atoms with Crippen LogP contribution in [0.4, 0.5) is 0 Å². The molecule has 9 rings (SSSR count). The second-order valence-electron chi connectivity index (χ2n) is 12.3. The molecule has 9 aromatic rings. The van der Waals surface area contributed by atoms with Crippen LogP contribution in [-0.4, -0.2) is 9.13 Å². The first-order valence-electron chi connectivity index (χ1n) is 16.3. The first kappa shape index (κ1) is 28.8. The fourth-order valence-corrected chi connectivity index (χ4v) is 7.52. The third-order valence-corrected chi connectivity index (χ3v) is 9.65. The summed E-state index contributed by atoms with van der Waals surface area (Å²) in [5.41, 5.74) is 11.3. The molecule has 0 spiro atoms. The zero-order valence-electron chi connectivity index (χ0n) is 26.7. The molecule has 0 saturated carbocycles. The predicted octanol–water partition coefficient (Wildman–Crippen LogP) is 10.8. The topological polar surface area (TPSA) is 81.2 Å². The van der Waals surface area contributed by atoms with E-state index in [4.69, 9.17) is 0 Å². The number of fused-ring (bicyclic) bond motifs is 6. The van der Waals surface area contributed by atoms with Crippen molar-refractivity contribution in [2.75, 3.05) is 0 Å². The van der Waals surface area contributed by atoms with Gasteiger partial charge in [-0.1, -0.05) is 91.0 Å². The largest absolute Gasteiger partial charge is 0.309 e. The van der Waals surface area contributed by atoms with Crippen molar-refractivity contribution in [2.24, 2.45) is 0 Å². The van der Waals surface area contributed by atoms with E-state index in [-0.39, 0.29) is 0 Å². The van der Waals surface area contributed by atoms with Crippen LogP contribution >= 0.6 is 0 Å². The van der Waals surface area contributed by atoms with Crippen molar-refractivity contribution in [3.8, 4) is 51.8 Å². The van der Waals surface area contributed by atoms with E-state index in [1.54, 1.807) is 0 Å². The predicted molar refractivity (Wildman–Crippen MR) is 200 cm³/mol. The highest BCUT2D eigenvalue weighted by atomic mass is 15.0. The average molecular weight is 636 g/mol. The van der Waals surface area contributed by atoms with Crippen LogP contribution in [0.3, 0.4) is 0 Å². The van der Waals surface area contributed by atoms with Crippen LogP contribution in [0.5, 0.6) is 0 Å². The molecule has 0 aliphatic heterocycles. The van der Waals surface area contributed by atoms with Crippen LogP contribution in [0.1, 0.15) is 16.7 Å². The van der Waals surface area contributed by atoms with E-state index >= 15 is 0 Å². The number of nitrogens with zero attached hydrogens (tertiary/aromatic N) is 5. The van der Waals surface area contributed by atoms with E-state index in [2.05, 4.69) is 118 Å². The van der Waals surface area contributed by atoms with Gasteiger partial charge in [0.2, 0.25) is 0 Å². The first-order chi connectivity index (χ1) is 24.7. The van der Waals surface area contributed by atoms with Gasteiger partial charge >= 0.3 is 0 Å². The fraction of sp³-hybridized carbons (Fsp3) is 0. The van der Waals surface area contributed by atoms with Crippen molar-refractivity contribution in [3.63, 3.8) is 0 Å². The van der Waals surface area contributed by atoms with Gasteiger partial charge in [0, 0.05) is 32.8 Å². The smallest absolute Gasteiger partial charge is 0.101 e. The van der Waals surface area contributed by atoms with Crippen molar-refractivity contribution >= 4 is 43.6 Å². The maximum Gasteiger partial charge on any atom is 0.101 e. The summed E-state index contributed by atoms with van der Waals surface area (Å²) in [7, 11) is 0. The molecule has 0 radical (unpaired) electrons. The molecule has 0 bridgehead atoms. The number of rotatable bonds is 4. The van der Waals surface area contributed by atoms with Gasteiger partial charge in [0.1, 0.15) is 6.07 Å². The van der Waals surface area contributed by atoms with Crippen LogP contribution in [-0.2, 0) is 0 Å². The molecule has 7 aromatic carbocycles. The summed E-state index contributed by atoms with van der Waals surface area (Å²) in [6, 6.07) is 57.8. The molecule has 0 fully saturated rings. The average Bonchev–Trinajstić information content (AvgIpc) is 3.70. The van der Waals surface area contributed by atoms with Crippen molar-refractivity contribution in [3.05, 3.63) is 168 Å². The Balaban J connectivity index is 1.25. The van der Waals surface area contributed by atoms with E-state index < -0.39 is 0 Å². The summed E-state index contributed by atoms with van der Waals surface area (Å²) in [4.78, 5) is 0. The van der Waals surface area contributed by atoms with E-state index in [1.807, 2.05) is 60.7 Å². The standard InChI is InChI=1S/C45H25N5/c46-26-29-19-24-42-39(25-29)38-15-7-10-32(28-48)45(38)49(42)33-22-20-30(21-23-33)34-11-1-2-14-37(34)44-31(27-47)9-8-18-43(44)50-40-16-5-3-12-35(40)36-13-4-6-17-41(36)50/h1-25H. The van der Waals surface area contributed by atoms with Gasteiger partial charge in [-0.25, -0.2) is 0 Å². The minimum atomic E-state index is 0.567. The molecule has 2 aromatic heterocycles. The second-order valence-corrected chi connectivity index (χ2v) is 12.3. The lowest BCUT2D eigenvalue weighted by Gasteiger charge is -2.18. The lowest BCUT2D eigenvalue weighted by molar-refractivity contribution is 1.17. The number of aromatic nitrogens is 2. The SMILES string of the molecule is N#Cc1ccc2c(c1)c1cccc(C#N)c1n2-c1ccc(-c2ccccc2-c2c(C#N)cccc2-n2c3ccccc3c3ccccc32)cc1. The van der Waals surface area contributed by atoms with Crippen molar-refractivity contribution < 1.29 is 0 Å². The molecule has 5 heteroatoms. The van der Waals surface area contributed by atoms with Crippen LogP contribution < -0.4 is 0 Å². The highest BCUT2D eigenvalue weighted by Gasteiger charge is 2.21. The molecule has 0 N–H and O–H groups in total. The van der Waals surface area contributed by atoms with Gasteiger partial charge < -0.3 is 9.13 Å². The van der Waals surface area contributed by atoms with Gasteiger partial charge in [-0.15, -0.1) is 0 Å². The summed E-state index contributed by atoms with van der Waals surface area (Å²) in [6.07, 6.45) is 0. The second kappa shape index (κ2) is 11.4. The maximum absolute atomic E-state index is 10.5. The van der Waals surface area contributed by atoms with Crippen molar-refractivity contribution in [1.29, 1.82) is 15.8 Å². The monoisotopic (exact) mass is 635 g/mol. The molecule has 230 valence electrons. The zero-order chi connectivity index (χ0) is 33.8. The zero-order valence-corrected chi connectivity index (χ0v) is 26.7. The van der Waals surface area contributed by atoms with Crippen LogP contribution in [0, 0.1) is 34.0 Å². The third kappa shape index (κ3) is 4.24. The molecule has 0 amide bonds. The van der Waals surface area contributed by atoms with Gasteiger partial charge in [-0.2, -0.15) is 15.8 Å². The van der Waals surface area contributed by atoms with E-state index in [0.717, 1.165) is 77.2 Å². The van der Waals surface area contributed by atoms with Gasteiger partial charge in [-0.3, -0.25) is 0 Å². The first-order valence-corrected chi connectivity index (χ1v) is 16.3. The minimum absolute atomic E-state index is 0.567. The third-order valence-electron chi connectivity index (χ3n) is 9.65. The molecule has 0 aliphatic rings. The fourth-order valence-electron chi connectivity index (χ4n) is 7.52. The quantitative estimate of drug-likeness (QED) is 0.193. The lowest BCUT2D eigenvalue weighted by atomic mass is 9.90. The molecule has 5 nitrogen and oxygen atoms in total. The van der Waals surface area contributed by atoms with Gasteiger partial charge in [-0.05, 0) is 77.4 Å². The van der Waals surface area contributed by atoms with E-state index in [0.29, 0.717) is 16.7 Å². The van der Waals surface area contributed by atoms with Gasteiger partial charge in [0.05, 0.1) is 56.6 Å². The number of nitriles is 3. The van der Waals surface area contributed by atoms with Gasteiger partial charge in [0.15, 0.2) is 0 Å². The van der Waals surface area contributed by atoms with Crippen molar-refractivity contribution in [2.45, 2.75) is 0 Å². The number of hydrogen-bond donors (Lipinski definition) is 0. The number of hydrogen-bond acceptors (Lipinski definition) is 3. The minimum Gasteiger partial charge on any atom is -0.309 e. The molecule has 0 saturated heterocycles. The molecule has 0 aliphatic carbocycles. The molecule has 50 heavy (non-hydrogen) atoms. The maximum atomic E-state index is 10.5. The molecular weight excluding hydrogens is 611 g/mol. The number of para-hydroxylation sites is 3. The Kier molecular flexibility index (Phi) is 6.56. The summed E-state index contributed by atoms with van der Waals surface area (Å²) in [5, 5.41) is 34.3. The van der Waals surface area contributed by atoms with Gasteiger partial charge in [0.25, 0.3) is 0 Å². The summed E-state index contributed by atoms with van der Waals surface area (Å²) >= 11 is 0. The van der Waals surface area contributed by atoms with Crippen LogP contribution in [0.25, 0.3) is 77.2 Å². The molecule has 0 atom stereocenters. The number of benzene rings is 7. The lowest BCUT2D eigenvalue weighted by Crippen LogP contribution is -2.00. The molecule has 0 unspecified atom stereocenters. The van der Waals surface area contributed by atoms with E-state index in [1.165, 1.54) is 0 Å². The highest BCUT2D eigenvalue weighted by molar-refractivity contribution is 6.12. The Morgan fingerprint density at radius 2 is 1.02 bits per heavy atom. The molecular formula is C45H25N5. The van der Waals surface area contributed by atoms with Crippen molar-refractivity contribution in [1.82, 2.24) is 9.13 Å². The van der Waals surface area contributed by atoms with Crippen LogP contribution in [0.15, 0.2) is 152 Å². The Labute approximate surface area is 287 Å². The highest BCUT2D eigenvalue weighted by Crippen LogP contribution is 2.42. The normalized spacial score (nSPS) is 11.1. The Hall–Kier alpha value is -7.39. The summed E-state index contributed by atoms with van der Waals surface area (Å²) in [5.74, 6) is 0.